The Bertz CT molecular complexity index is 530. The van der Waals surface area contributed by atoms with E-state index in [4.69, 9.17) is 9.47 Å². The highest BCUT2D eigenvalue weighted by Gasteiger charge is 2.56. The zero-order valence-electron chi connectivity index (χ0n) is 14.3. The minimum atomic E-state index is -0.407. The van der Waals surface area contributed by atoms with E-state index in [9.17, 15) is 4.79 Å². The molecule has 2 aliphatic rings. The van der Waals surface area contributed by atoms with Crippen molar-refractivity contribution in [3.63, 3.8) is 0 Å². The summed E-state index contributed by atoms with van der Waals surface area (Å²) in [6.07, 6.45) is 7.69. The third kappa shape index (κ3) is 3.16. The van der Waals surface area contributed by atoms with Gasteiger partial charge >= 0.3 is 5.97 Å². The van der Waals surface area contributed by atoms with Gasteiger partial charge in [-0.3, -0.25) is 4.79 Å². The Kier molecular flexibility index (Phi) is 5.05. The molecule has 0 spiro atoms. The SMILES string of the molecule is COC(=O)C1(C2CCCC2)CCCC1OCc1ccc(C)cc1. The number of hydrogen-bond acceptors (Lipinski definition) is 3. The van der Waals surface area contributed by atoms with Gasteiger partial charge in [-0.15, -0.1) is 0 Å². The standard InChI is InChI=1S/C20H28O3/c1-15-9-11-16(12-10-15)14-23-18-8-5-13-20(18,19(21)22-2)17-6-3-4-7-17/h9-12,17-18H,3-8,13-14H2,1-2H3. The van der Waals surface area contributed by atoms with Crippen LogP contribution in [-0.4, -0.2) is 19.2 Å². The Morgan fingerprint density at radius 3 is 2.48 bits per heavy atom. The van der Waals surface area contributed by atoms with Crippen molar-refractivity contribution in [3.8, 4) is 0 Å². The summed E-state index contributed by atoms with van der Waals surface area (Å²) in [4.78, 5) is 12.7. The van der Waals surface area contributed by atoms with Gasteiger partial charge in [0.25, 0.3) is 0 Å². The molecule has 0 N–H and O–H groups in total. The Morgan fingerprint density at radius 2 is 1.83 bits per heavy atom. The molecule has 1 aromatic carbocycles. The Labute approximate surface area is 139 Å². The van der Waals surface area contributed by atoms with Gasteiger partial charge in [-0.2, -0.15) is 0 Å². The van der Waals surface area contributed by atoms with Crippen molar-refractivity contribution in [3.05, 3.63) is 35.4 Å². The number of methoxy groups -OCH3 is 1. The molecule has 3 rings (SSSR count). The molecule has 2 aliphatic carbocycles. The number of esters is 1. The van der Waals surface area contributed by atoms with Gasteiger partial charge in [0, 0.05) is 0 Å². The normalized spacial score (nSPS) is 28.2. The molecule has 0 radical (unpaired) electrons. The van der Waals surface area contributed by atoms with Crippen LogP contribution < -0.4 is 0 Å². The lowest BCUT2D eigenvalue weighted by Gasteiger charge is -2.37. The molecule has 0 heterocycles. The van der Waals surface area contributed by atoms with Crippen LogP contribution in [-0.2, 0) is 20.9 Å². The predicted octanol–water partition coefficient (Wildman–Crippen LogP) is 4.41. The molecule has 2 atom stereocenters. The lowest BCUT2D eigenvalue weighted by atomic mass is 9.71. The van der Waals surface area contributed by atoms with Crippen molar-refractivity contribution in [2.24, 2.45) is 11.3 Å². The average Bonchev–Trinajstić information content (AvgIpc) is 3.23. The molecule has 0 amide bonds. The molecule has 2 saturated carbocycles. The van der Waals surface area contributed by atoms with E-state index in [0.29, 0.717) is 12.5 Å². The van der Waals surface area contributed by atoms with Crippen LogP contribution in [0.3, 0.4) is 0 Å². The summed E-state index contributed by atoms with van der Waals surface area (Å²) in [5.74, 6) is 0.385. The summed E-state index contributed by atoms with van der Waals surface area (Å²) < 4.78 is 11.5. The van der Waals surface area contributed by atoms with Gasteiger partial charge in [0.15, 0.2) is 0 Å². The van der Waals surface area contributed by atoms with E-state index in [-0.39, 0.29) is 12.1 Å². The van der Waals surface area contributed by atoms with Crippen LogP contribution in [0.4, 0.5) is 0 Å². The van der Waals surface area contributed by atoms with Crippen molar-refractivity contribution in [1.29, 1.82) is 0 Å². The van der Waals surface area contributed by atoms with E-state index in [1.165, 1.54) is 31.1 Å². The number of carbonyl (C=O) groups is 1. The summed E-state index contributed by atoms with van der Waals surface area (Å²) in [6.45, 7) is 2.67. The third-order valence-electron chi connectivity index (χ3n) is 5.85. The topological polar surface area (TPSA) is 35.5 Å². The first-order chi connectivity index (χ1) is 11.2. The van der Waals surface area contributed by atoms with E-state index in [1.54, 1.807) is 0 Å². The highest BCUT2D eigenvalue weighted by Crippen LogP contribution is 2.52. The summed E-state index contributed by atoms with van der Waals surface area (Å²) in [5, 5.41) is 0. The number of carbonyl (C=O) groups excluding carboxylic acids is 1. The van der Waals surface area contributed by atoms with Crippen LogP contribution in [0.5, 0.6) is 0 Å². The second kappa shape index (κ2) is 7.04. The Hall–Kier alpha value is -1.35. The number of hydrogen-bond donors (Lipinski definition) is 0. The smallest absolute Gasteiger partial charge is 0.314 e. The summed E-state index contributed by atoms with van der Waals surface area (Å²) in [7, 11) is 1.52. The van der Waals surface area contributed by atoms with Crippen LogP contribution in [0.25, 0.3) is 0 Å². The fourth-order valence-electron chi connectivity index (χ4n) is 4.61. The molecule has 23 heavy (non-hydrogen) atoms. The quantitative estimate of drug-likeness (QED) is 0.755. The molecule has 1 aromatic rings. The van der Waals surface area contributed by atoms with Crippen LogP contribution in [0.2, 0.25) is 0 Å². The lowest BCUT2D eigenvalue weighted by molar-refractivity contribution is -0.168. The zero-order valence-corrected chi connectivity index (χ0v) is 14.3. The molecule has 2 unspecified atom stereocenters. The lowest BCUT2D eigenvalue weighted by Crippen LogP contribution is -2.46. The predicted molar refractivity (Wildman–Crippen MR) is 90.0 cm³/mol. The van der Waals surface area contributed by atoms with Crippen molar-refractivity contribution in [2.75, 3.05) is 7.11 Å². The van der Waals surface area contributed by atoms with Crippen molar-refractivity contribution >= 4 is 5.97 Å². The van der Waals surface area contributed by atoms with Gasteiger partial charge < -0.3 is 9.47 Å². The fraction of sp³-hybridized carbons (Fsp3) is 0.650. The zero-order chi connectivity index (χ0) is 16.3. The van der Waals surface area contributed by atoms with Gasteiger partial charge in [-0.25, -0.2) is 0 Å². The largest absolute Gasteiger partial charge is 0.469 e. The molecule has 0 saturated heterocycles. The molecule has 126 valence electrons. The minimum Gasteiger partial charge on any atom is -0.469 e. The van der Waals surface area contributed by atoms with Gasteiger partial charge in [0.2, 0.25) is 0 Å². The van der Waals surface area contributed by atoms with Crippen LogP contribution in [0, 0.1) is 18.3 Å². The Morgan fingerprint density at radius 1 is 1.13 bits per heavy atom. The average molecular weight is 316 g/mol. The Balaban J connectivity index is 1.75. The van der Waals surface area contributed by atoms with E-state index >= 15 is 0 Å². The highest BCUT2D eigenvalue weighted by atomic mass is 16.5. The van der Waals surface area contributed by atoms with Crippen LogP contribution in [0.1, 0.15) is 56.1 Å². The maximum Gasteiger partial charge on any atom is 0.314 e. The second-order valence-electron chi connectivity index (χ2n) is 7.19. The molecule has 0 bridgehead atoms. The van der Waals surface area contributed by atoms with Gasteiger partial charge in [0.1, 0.15) is 0 Å². The monoisotopic (exact) mass is 316 g/mol. The second-order valence-corrected chi connectivity index (χ2v) is 7.19. The molecule has 2 fully saturated rings. The molecular weight excluding hydrogens is 288 g/mol. The minimum absolute atomic E-state index is 0.000599. The summed E-state index contributed by atoms with van der Waals surface area (Å²) in [5.41, 5.74) is 2.02. The summed E-state index contributed by atoms with van der Waals surface area (Å²) >= 11 is 0. The van der Waals surface area contributed by atoms with Crippen molar-refractivity contribution in [2.45, 2.75) is 64.6 Å². The van der Waals surface area contributed by atoms with E-state index in [2.05, 4.69) is 31.2 Å². The van der Waals surface area contributed by atoms with Gasteiger partial charge in [0.05, 0.1) is 25.2 Å². The molecule has 3 nitrogen and oxygen atoms in total. The number of ether oxygens (including phenoxy) is 2. The van der Waals surface area contributed by atoms with Crippen LogP contribution >= 0.6 is 0 Å². The van der Waals surface area contributed by atoms with E-state index in [1.807, 2.05) is 0 Å². The van der Waals surface area contributed by atoms with E-state index in [0.717, 1.165) is 32.1 Å². The van der Waals surface area contributed by atoms with Gasteiger partial charge in [-0.1, -0.05) is 42.7 Å². The number of aryl methyl sites for hydroxylation is 1. The first-order valence-electron chi connectivity index (χ1n) is 8.92. The van der Waals surface area contributed by atoms with Crippen LogP contribution in [0.15, 0.2) is 24.3 Å². The molecule has 3 heteroatoms. The van der Waals surface area contributed by atoms with E-state index < -0.39 is 5.41 Å². The fourth-order valence-corrected chi connectivity index (χ4v) is 4.61. The maximum atomic E-state index is 12.7. The molecular formula is C20H28O3. The molecule has 0 aromatic heterocycles. The summed E-state index contributed by atoms with van der Waals surface area (Å²) in [6, 6.07) is 8.44. The third-order valence-corrected chi connectivity index (χ3v) is 5.85. The molecule has 0 aliphatic heterocycles. The maximum absolute atomic E-state index is 12.7. The van der Waals surface area contributed by atoms with Gasteiger partial charge in [-0.05, 0) is 50.5 Å². The highest BCUT2D eigenvalue weighted by molar-refractivity contribution is 5.78. The van der Waals surface area contributed by atoms with Crippen molar-refractivity contribution in [1.82, 2.24) is 0 Å². The first kappa shape index (κ1) is 16.5. The first-order valence-corrected chi connectivity index (χ1v) is 8.92. The van der Waals surface area contributed by atoms with Crippen molar-refractivity contribution < 1.29 is 14.3 Å². The number of rotatable bonds is 5. The number of benzene rings is 1.